The first-order valence-electron chi connectivity index (χ1n) is 13.0. The summed E-state index contributed by atoms with van der Waals surface area (Å²) in [4.78, 5) is 26.6. The van der Waals surface area contributed by atoms with E-state index in [0.29, 0.717) is 34.1 Å². The summed E-state index contributed by atoms with van der Waals surface area (Å²) in [5.41, 5.74) is 1.04. The van der Waals surface area contributed by atoms with Gasteiger partial charge in [-0.25, -0.2) is 4.79 Å². The van der Waals surface area contributed by atoms with Gasteiger partial charge in [0.05, 0.1) is 22.1 Å². The Bertz CT molecular complexity index is 1360. The average molecular weight is 541 g/mol. The lowest BCUT2D eigenvalue weighted by Crippen LogP contribution is -2.36. The Morgan fingerprint density at radius 1 is 1.24 bits per heavy atom. The molecule has 7 nitrogen and oxygen atoms in total. The predicted octanol–water partition coefficient (Wildman–Crippen LogP) is 6.71. The molecule has 1 fully saturated rings. The monoisotopic (exact) mass is 540 g/mol. The molecular weight excluding hydrogens is 508 g/mol. The average Bonchev–Trinajstić information content (AvgIpc) is 3.44. The van der Waals surface area contributed by atoms with E-state index in [1.54, 1.807) is 13.8 Å². The van der Waals surface area contributed by atoms with Gasteiger partial charge in [0.25, 0.3) is 0 Å². The van der Waals surface area contributed by atoms with Crippen molar-refractivity contribution in [3.63, 3.8) is 0 Å². The van der Waals surface area contributed by atoms with Crippen LogP contribution in [0.2, 0.25) is 5.02 Å². The van der Waals surface area contributed by atoms with Gasteiger partial charge in [-0.3, -0.25) is 4.79 Å². The van der Waals surface area contributed by atoms with Crippen molar-refractivity contribution in [2.75, 3.05) is 0 Å². The van der Waals surface area contributed by atoms with E-state index in [9.17, 15) is 19.8 Å². The van der Waals surface area contributed by atoms with Crippen molar-refractivity contribution in [1.82, 2.24) is 0 Å². The number of phenolic OH excluding ortho intramolecular Hbond substituents is 1. The first-order valence-corrected chi connectivity index (χ1v) is 13.4. The van der Waals surface area contributed by atoms with Crippen molar-refractivity contribution in [1.29, 1.82) is 0 Å². The highest BCUT2D eigenvalue weighted by atomic mass is 35.5. The van der Waals surface area contributed by atoms with Crippen molar-refractivity contribution >= 4 is 23.5 Å². The summed E-state index contributed by atoms with van der Waals surface area (Å²) in [7, 11) is 0. The number of fused-ring (bicyclic) bond motifs is 4. The summed E-state index contributed by atoms with van der Waals surface area (Å²) >= 11 is 6.67. The summed E-state index contributed by atoms with van der Waals surface area (Å²) in [5, 5.41) is 22.0. The fourth-order valence-corrected chi connectivity index (χ4v) is 6.18. The van der Waals surface area contributed by atoms with Crippen LogP contribution >= 0.6 is 11.6 Å². The molecule has 1 aliphatic heterocycles. The number of halogens is 1. The summed E-state index contributed by atoms with van der Waals surface area (Å²) in [6, 6.07) is 3.02. The Morgan fingerprint density at radius 2 is 1.97 bits per heavy atom. The molecule has 4 atom stereocenters. The lowest BCUT2D eigenvalue weighted by Gasteiger charge is -2.30. The number of phenols is 1. The van der Waals surface area contributed by atoms with Crippen molar-refractivity contribution < 1.29 is 34.0 Å². The van der Waals surface area contributed by atoms with E-state index in [1.807, 2.05) is 20.8 Å². The molecule has 1 saturated carbocycles. The second kappa shape index (κ2) is 9.62. The molecule has 3 aliphatic rings. The lowest BCUT2D eigenvalue weighted by molar-refractivity contribution is -0.146. The van der Waals surface area contributed by atoms with Crippen LogP contribution in [-0.2, 0) is 16.1 Å². The van der Waals surface area contributed by atoms with Gasteiger partial charge in [0.2, 0.25) is 0 Å². The number of hydrogen-bond donors (Lipinski definition) is 2. The molecule has 0 saturated heterocycles. The molecule has 2 bridgehead atoms. The molecule has 38 heavy (non-hydrogen) atoms. The quantitative estimate of drug-likeness (QED) is 0.247. The number of aliphatic hydroxyl groups is 1. The Kier molecular flexibility index (Phi) is 6.72. The third-order valence-corrected chi connectivity index (χ3v) is 8.82. The van der Waals surface area contributed by atoms with E-state index >= 15 is 0 Å². The number of aliphatic hydroxyl groups excluding tert-OH is 1. The number of esters is 2. The minimum absolute atomic E-state index is 0.0136. The van der Waals surface area contributed by atoms with Crippen LogP contribution in [-0.4, -0.2) is 22.2 Å². The highest BCUT2D eigenvalue weighted by molar-refractivity contribution is 6.32. The standard InChI is InChI=1S/C30H33ClO7/c1-14(2)10-21(32)19-8-9-22-23(25(19)33)28(34)36-13-20-24(31)15(3)16(4)26(27(20)37-22)38-29(35)30(5)12-17-6-7-18(30)11-17/h6-9,14,17-18,21,32-33H,10-13H2,1-5H3/t17-,18+,21+,30+/m1/s1. The second-order valence-corrected chi connectivity index (χ2v) is 11.8. The number of carbonyl (C=O) groups is 2. The molecule has 0 aromatic heterocycles. The number of aromatic hydroxyl groups is 1. The molecule has 8 heteroatoms. The molecule has 2 aliphatic carbocycles. The maximum atomic E-state index is 13.6. The zero-order valence-electron chi connectivity index (χ0n) is 22.3. The first kappa shape index (κ1) is 26.6. The van der Waals surface area contributed by atoms with E-state index in [1.165, 1.54) is 12.1 Å². The summed E-state index contributed by atoms with van der Waals surface area (Å²) < 4.78 is 17.9. The summed E-state index contributed by atoms with van der Waals surface area (Å²) in [6.07, 6.45) is 5.35. The highest BCUT2D eigenvalue weighted by Gasteiger charge is 2.51. The van der Waals surface area contributed by atoms with Gasteiger partial charge < -0.3 is 24.4 Å². The van der Waals surface area contributed by atoms with Crippen molar-refractivity contribution in [3.8, 4) is 23.0 Å². The highest BCUT2D eigenvalue weighted by Crippen LogP contribution is 2.54. The van der Waals surface area contributed by atoms with E-state index in [2.05, 4.69) is 12.2 Å². The fourth-order valence-electron chi connectivity index (χ4n) is 5.90. The van der Waals surface area contributed by atoms with Crippen molar-refractivity contribution in [3.05, 3.63) is 57.1 Å². The number of allylic oxidation sites excluding steroid dienone is 2. The maximum Gasteiger partial charge on any atom is 0.346 e. The van der Waals surface area contributed by atoms with E-state index in [0.717, 1.165) is 12.8 Å². The first-order chi connectivity index (χ1) is 17.9. The van der Waals surface area contributed by atoms with Crippen molar-refractivity contribution in [2.24, 2.45) is 23.2 Å². The van der Waals surface area contributed by atoms with E-state index in [-0.39, 0.29) is 52.8 Å². The van der Waals surface area contributed by atoms with Crippen LogP contribution in [0.1, 0.15) is 78.7 Å². The molecule has 2 aromatic carbocycles. The van der Waals surface area contributed by atoms with Gasteiger partial charge >= 0.3 is 11.9 Å². The minimum atomic E-state index is -0.974. The lowest BCUT2D eigenvalue weighted by atomic mass is 9.78. The molecule has 0 radical (unpaired) electrons. The topological polar surface area (TPSA) is 102 Å². The van der Waals surface area contributed by atoms with Crippen LogP contribution in [0.5, 0.6) is 23.0 Å². The SMILES string of the molecule is Cc1c(C)c(OC(=O)[C@@]2(C)C[C@@H]3C=C[C@H]2C3)c2c(c1Cl)COC(=O)c1c(ccc([C@@H](O)CC(C)C)c1O)O2. The zero-order chi connectivity index (χ0) is 27.5. The number of rotatable bonds is 5. The number of hydrogen-bond acceptors (Lipinski definition) is 7. The number of carbonyl (C=O) groups excluding carboxylic acids is 2. The van der Waals surface area contributed by atoms with Gasteiger partial charge in [0, 0.05) is 11.1 Å². The van der Waals surface area contributed by atoms with Gasteiger partial charge in [-0.05, 0) is 75.5 Å². The zero-order valence-corrected chi connectivity index (χ0v) is 23.0. The third kappa shape index (κ3) is 4.26. The second-order valence-electron chi connectivity index (χ2n) is 11.4. The van der Waals surface area contributed by atoms with Crippen LogP contribution in [0.4, 0.5) is 0 Å². The van der Waals surface area contributed by atoms with Gasteiger partial charge in [-0.15, -0.1) is 0 Å². The molecule has 0 unspecified atom stereocenters. The molecular formula is C30H33ClO7. The molecule has 5 rings (SSSR count). The van der Waals surface area contributed by atoms with Crippen LogP contribution in [0, 0.1) is 37.0 Å². The molecule has 0 amide bonds. The summed E-state index contributed by atoms with van der Waals surface area (Å²) in [6.45, 7) is 9.19. The van der Waals surface area contributed by atoms with Crippen LogP contribution in [0.3, 0.4) is 0 Å². The smallest absolute Gasteiger partial charge is 0.346 e. The van der Waals surface area contributed by atoms with Crippen LogP contribution in [0.25, 0.3) is 0 Å². The number of ether oxygens (including phenoxy) is 3. The van der Waals surface area contributed by atoms with Gasteiger partial charge in [-0.2, -0.15) is 0 Å². The fraction of sp³-hybridized carbons (Fsp3) is 0.467. The minimum Gasteiger partial charge on any atom is -0.507 e. The Hall–Kier alpha value is -3.03. The van der Waals surface area contributed by atoms with Crippen LogP contribution < -0.4 is 9.47 Å². The predicted molar refractivity (Wildman–Crippen MR) is 142 cm³/mol. The summed E-state index contributed by atoms with van der Waals surface area (Å²) in [5.74, 6) is -0.514. The van der Waals surface area contributed by atoms with Gasteiger partial charge in [0.1, 0.15) is 23.7 Å². The van der Waals surface area contributed by atoms with Gasteiger partial charge in [-0.1, -0.05) is 37.6 Å². The van der Waals surface area contributed by atoms with Crippen molar-refractivity contribution in [2.45, 2.75) is 66.6 Å². The van der Waals surface area contributed by atoms with Gasteiger partial charge in [0.15, 0.2) is 11.5 Å². The maximum absolute atomic E-state index is 13.6. The normalized spacial score (nSPS) is 24.3. The van der Waals surface area contributed by atoms with Crippen LogP contribution in [0.15, 0.2) is 24.3 Å². The third-order valence-electron chi connectivity index (χ3n) is 8.30. The molecule has 202 valence electrons. The Labute approximate surface area is 227 Å². The number of benzene rings is 2. The Morgan fingerprint density at radius 3 is 2.61 bits per heavy atom. The van der Waals surface area contributed by atoms with E-state index in [4.69, 9.17) is 25.8 Å². The molecule has 2 aromatic rings. The molecule has 2 N–H and O–H groups in total. The number of cyclic esters (lactones) is 1. The largest absolute Gasteiger partial charge is 0.507 e. The molecule has 1 heterocycles. The molecule has 0 spiro atoms. The Balaban J connectivity index is 1.59. The van der Waals surface area contributed by atoms with E-state index < -0.39 is 23.2 Å².